The maximum atomic E-state index is 10.6. The van der Waals surface area contributed by atoms with Gasteiger partial charge in [-0.3, -0.25) is 5.43 Å². The van der Waals surface area contributed by atoms with Gasteiger partial charge in [-0.15, -0.1) is 0 Å². The van der Waals surface area contributed by atoms with Gasteiger partial charge in [0.1, 0.15) is 5.75 Å². The van der Waals surface area contributed by atoms with E-state index in [2.05, 4.69) is 10.5 Å². The number of hydrazone groups is 1. The van der Waals surface area contributed by atoms with Gasteiger partial charge in [-0.1, -0.05) is 46.9 Å². The predicted molar refractivity (Wildman–Crippen MR) is 92.3 cm³/mol. The highest BCUT2D eigenvalue weighted by molar-refractivity contribution is 6.41. The molecule has 0 bridgehead atoms. The number of halogens is 3. The van der Waals surface area contributed by atoms with Gasteiger partial charge in [0, 0.05) is 10.6 Å². The molecule has 2 aromatic carbocycles. The van der Waals surface area contributed by atoms with Crippen molar-refractivity contribution in [3.63, 3.8) is 0 Å². The average molecular weight is 374 g/mol. The van der Waals surface area contributed by atoms with Crippen LogP contribution in [0.5, 0.6) is 5.75 Å². The number of rotatable bonds is 6. The lowest BCUT2D eigenvalue weighted by Crippen LogP contribution is -2.10. The third-order valence-corrected chi connectivity index (χ3v) is 3.47. The molecule has 0 aromatic heterocycles. The molecule has 0 unspecified atom stereocenters. The Hall–Kier alpha value is -1.95. The van der Waals surface area contributed by atoms with E-state index in [0.717, 1.165) is 0 Å². The second-order valence-electron chi connectivity index (χ2n) is 4.33. The van der Waals surface area contributed by atoms with E-state index in [1.165, 1.54) is 18.3 Å². The van der Waals surface area contributed by atoms with E-state index in [1.807, 2.05) is 0 Å². The maximum Gasteiger partial charge on any atom is 0.341 e. The van der Waals surface area contributed by atoms with Crippen LogP contribution in [0.2, 0.25) is 15.1 Å². The van der Waals surface area contributed by atoms with Crippen LogP contribution in [0.3, 0.4) is 0 Å². The first kappa shape index (κ1) is 17.4. The number of nitrogens with one attached hydrogen (secondary N) is 1. The molecule has 0 aliphatic carbocycles. The number of benzene rings is 2. The maximum absolute atomic E-state index is 10.6. The summed E-state index contributed by atoms with van der Waals surface area (Å²) in [5.74, 6) is -0.664. The van der Waals surface area contributed by atoms with Gasteiger partial charge in [0.25, 0.3) is 0 Å². The summed E-state index contributed by atoms with van der Waals surface area (Å²) in [7, 11) is 0. The van der Waals surface area contributed by atoms with Crippen molar-refractivity contribution in [1.29, 1.82) is 0 Å². The summed E-state index contributed by atoms with van der Waals surface area (Å²) >= 11 is 17.9. The van der Waals surface area contributed by atoms with Crippen molar-refractivity contribution >= 4 is 52.7 Å². The van der Waals surface area contributed by atoms with Crippen LogP contribution in [0, 0.1) is 0 Å². The highest BCUT2D eigenvalue weighted by Crippen LogP contribution is 2.33. The van der Waals surface area contributed by atoms with Gasteiger partial charge in [-0.05, 0) is 24.3 Å². The van der Waals surface area contributed by atoms with E-state index in [9.17, 15) is 4.79 Å². The molecule has 2 N–H and O–H groups in total. The molecule has 8 heteroatoms. The first-order valence-electron chi connectivity index (χ1n) is 6.34. The van der Waals surface area contributed by atoms with Gasteiger partial charge in [-0.25, -0.2) is 4.79 Å². The number of ether oxygens (including phenoxy) is 1. The normalized spacial score (nSPS) is 10.7. The third kappa shape index (κ3) is 5.03. The Morgan fingerprint density at radius 2 is 1.87 bits per heavy atom. The van der Waals surface area contributed by atoms with E-state index in [-0.39, 0.29) is 0 Å². The monoisotopic (exact) mass is 372 g/mol. The predicted octanol–water partition coefficient (Wildman–Crippen LogP) is 4.56. The number of carboxylic acid groups (broad SMARTS) is 1. The Morgan fingerprint density at radius 3 is 2.52 bits per heavy atom. The molecule has 0 amide bonds. The minimum atomic E-state index is -1.06. The van der Waals surface area contributed by atoms with Gasteiger partial charge in [0.2, 0.25) is 0 Å². The van der Waals surface area contributed by atoms with Gasteiger partial charge in [0.15, 0.2) is 6.61 Å². The lowest BCUT2D eigenvalue weighted by molar-refractivity contribution is -0.139. The molecule has 2 rings (SSSR count). The fourth-order valence-corrected chi connectivity index (χ4v) is 2.57. The Labute approximate surface area is 147 Å². The van der Waals surface area contributed by atoms with Crippen molar-refractivity contribution < 1.29 is 14.6 Å². The lowest BCUT2D eigenvalue weighted by Gasteiger charge is -2.08. The van der Waals surface area contributed by atoms with Gasteiger partial charge >= 0.3 is 5.97 Å². The van der Waals surface area contributed by atoms with Crippen molar-refractivity contribution in [3.05, 3.63) is 57.0 Å². The standard InChI is InChI=1S/C15H11Cl3N2O3/c16-10-5-11(17)15(12(18)6-10)20-19-7-9-3-1-2-4-13(9)23-8-14(21)22/h1-7,20H,8H2,(H,21,22)/b19-7-. The minimum Gasteiger partial charge on any atom is -0.481 e. The number of hydrogen-bond donors (Lipinski definition) is 2. The van der Waals surface area contributed by atoms with Gasteiger partial charge < -0.3 is 9.84 Å². The summed E-state index contributed by atoms with van der Waals surface area (Å²) in [6.07, 6.45) is 1.47. The zero-order chi connectivity index (χ0) is 16.8. The van der Waals surface area contributed by atoms with E-state index in [0.29, 0.717) is 32.1 Å². The Kier molecular flexibility index (Phi) is 6.10. The SMILES string of the molecule is O=C(O)COc1ccccc1/C=N\Nc1c(Cl)cc(Cl)cc1Cl. The number of aliphatic carboxylic acids is 1. The highest BCUT2D eigenvalue weighted by atomic mass is 35.5. The van der Waals surface area contributed by atoms with E-state index >= 15 is 0 Å². The summed E-state index contributed by atoms with van der Waals surface area (Å²) in [6, 6.07) is 9.96. The first-order chi connectivity index (χ1) is 11.0. The van der Waals surface area contributed by atoms with E-state index in [1.54, 1.807) is 24.3 Å². The summed E-state index contributed by atoms with van der Waals surface area (Å²) in [4.78, 5) is 10.6. The number of nitrogens with zero attached hydrogens (tertiary/aromatic N) is 1. The average Bonchev–Trinajstić information content (AvgIpc) is 2.48. The molecule has 0 saturated heterocycles. The molecule has 0 aliphatic heterocycles. The van der Waals surface area contributed by atoms with Crippen LogP contribution in [-0.4, -0.2) is 23.9 Å². The van der Waals surface area contributed by atoms with Crippen molar-refractivity contribution in [3.8, 4) is 5.75 Å². The number of para-hydroxylation sites is 1. The minimum absolute atomic E-state index is 0.329. The van der Waals surface area contributed by atoms with Crippen molar-refractivity contribution in [2.75, 3.05) is 12.0 Å². The summed E-state index contributed by atoms with van der Waals surface area (Å²) < 4.78 is 5.18. The molecule has 0 spiro atoms. The molecule has 23 heavy (non-hydrogen) atoms. The van der Waals surface area contributed by atoms with E-state index < -0.39 is 12.6 Å². The Bertz CT molecular complexity index is 727. The van der Waals surface area contributed by atoms with Crippen LogP contribution in [0.15, 0.2) is 41.5 Å². The summed E-state index contributed by atoms with van der Waals surface area (Å²) in [6.45, 7) is -0.437. The second kappa shape index (κ2) is 8.06. The number of hydrogen-bond acceptors (Lipinski definition) is 4. The molecule has 5 nitrogen and oxygen atoms in total. The van der Waals surface area contributed by atoms with Crippen LogP contribution < -0.4 is 10.2 Å². The molecule has 0 fully saturated rings. The lowest BCUT2D eigenvalue weighted by atomic mass is 10.2. The smallest absolute Gasteiger partial charge is 0.341 e. The Balaban J connectivity index is 2.14. The molecule has 2 aromatic rings. The van der Waals surface area contributed by atoms with Crippen LogP contribution in [0.1, 0.15) is 5.56 Å². The number of anilines is 1. The van der Waals surface area contributed by atoms with Crippen molar-refractivity contribution in [2.24, 2.45) is 5.10 Å². The molecule has 0 heterocycles. The van der Waals surface area contributed by atoms with Crippen molar-refractivity contribution in [2.45, 2.75) is 0 Å². The molecule has 0 aliphatic rings. The van der Waals surface area contributed by atoms with Crippen LogP contribution in [0.4, 0.5) is 5.69 Å². The fourth-order valence-electron chi connectivity index (χ4n) is 1.67. The number of carbonyl (C=O) groups is 1. The number of carboxylic acids is 1. The Morgan fingerprint density at radius 1 is 1.22 bits per heavy atom. The van der Waals surface area contributed by atoms with Crippen LogP contribution >= 0.6 is 34.8 Å². The molecule has 0 atom stereocenters. The zero-order valence-electron chi connectivity index (χ0n) is 11.6. The largest absolute Gasteiger partial charge is 0.481 e. The highest BCUT2D eigenvalue weighted by Gasteiger charge is 2.07. The summed E-state index contributed by atoms with van der Waals surface area (Å²) in [5.41, 5.74) is 3.74. The topological polar surface area (TPSA) is 70.9 Å². The molecule has 0 saturated carbocycles. The van der Waals surface area contributed by atoms with Crippen LogP contribution in [0.25, 0.3) is 0 Å². The van der Waals surface area contributed by atoms with E-state index in [4.69, 9.17) is 44.6 Å². The first-order valence-corrected chi connectivity index (χ1v) is 7.48. The zero-order valence-corrected chi connectivity index (χ0v) is 13.9. The quantitative estimate of drug-likeness (QED) is 0.575. The van der Waals surface area contributed by atoms with Crippen molar-refractivity contribution in [1.82, 2.24) is 0 Å². The molecular weight excluding hydrogens is 363 g/mol. The summed E-state index contributed by atoms with van der Waals surface area (Å²) in [5, 5.41) is 13.8. The molecule has 0 radical (unpaired) electrons. The fraction of sp³-hybridized carbons (Fsp3) is 0.0667. The third-order valence-electron chi connectivity index (χ3n) is 2.66. The molecule has 120 valence electrons. The van der Waals surface area contributed by atoms with Gasteiger partial charge in [-0.2, -0.15) is 5.10 Å². The second-order valence-corrected chi connectivity index (χ2v) is 5.59. The molecular formula is C15H11Cl3N2O3. The van der Waals surface area contributed by atoms with Gasteiger partial charge in [0.05, 0.1) is 21.9 Å². The van der Waals surface area contributed by atoms with Crippen LogP contribution in [-0.2, 0) is 4.79 Å².